The van der Waals surface area contributed by atoms with Crippen LogP contribution >= 0.6 is 0 Å². The minimum Gasteiger partial charge on any atom is -0.481 e. The Kier molecular flexibility index (Phi) is 8.32. The molecule has 0 aromatic carbocycles. The fourth-order valence-corrected chi connectivity index (χ4v) is 2.31. The predicted molar refractivity (Wildman–Crippen MR) is 68.5 cm³/mol. The van der Waals surface area contributed by atoms with Crippen LogP contribution in [0.15, 0.2) is 0 Å². The summed E-state index contributed by atoms with van der Waals surface area (Å²) in [4.78, 5) is 10.6. The quantitative estimate of drug-likeness (QED) is 0.637. The Morgan fingerprint density at radius 3 is 2.12 bits per heavy atom. The van der Waals surface area contributed by atoms with E-state index in [0.29, 0.717) is 0 Å². The van der Waals surface area contributed by atoms with Gasteiger partial charge in [0, 0.05) is 0 Å². The molecule has 2 heteroatoms. The molecule has 16 heavy (non-hydrogen) atoms. The fraction of sp³-hybridized carbons (Fsp3) is 0.929. The lowest BCUT2D eigenvalue weighted by Gasteiger charge is -2.17. The maximum atomic E-state index is 10.6. The summed E-state index contributed by atoms with van der Waals surface area (Å²) < 4.78 is 0. The molecule has 2 nitrogen and oxygen atoms in total. The first-order chi connectivity index (χ1) is 7.47. The van der Waals surface area contributed by atoms with Crippen molar-refractivity contribution in [2.75, 3.05) is 0 Å². The highest BCUT2D eigenvalue weighted by Crippen LogP contribution is 2.21. The zero-order chi connectivity index (χ0) is 12.6. The van der Waals surface area contributed by atoms with Crippen LogP contribution in [0.5, 0.6) is 0 Å². The zero-order valence-electron chi connectivity index (χ0n) is 11.3. The van der Waals surface area contributed by atoms with Gasteiger partial charge in [0.25, 0.3) is 0 Å². The van der Waals surface area contributed by atoms with Crippen molar-refractivity contribution < 1.29 is 9.90 Å². The van der Waals surface area contributed by atoms with Crippen molar-refractivity contribution in [1.29, 1.82) is 0 Å². The summed E-state index contributed by atoms with van der Waals surface area (Å²) in [7, 11) is 0. The Morgan fingerprint density at radius 1 is 1.06 bits per heavy atom. The monoisotopic (exact) mass is 228 g/mol. The summed E-state index contributed by atoms with van der Waals surface area (Å²) in [5, 5.41) is 8.76. The van der Waals surface area contributed by atoms with E-state index < -0.39 is 5.97 Å². The molecule has 0 aliphatic carbocycles. The second kappa shape index (κ2) is 8.60. The molecule has 3 atom stereocenters. The van der Waals surface area contributed by atoms with E-state index in [0.717, 1.165) is 24.7 Å². The SMILES string of the molecule is CCCC(C)CC(C)CCCC(C)C(=O)O. The third-order valence-electron chi connectivity index (χ3n) is 3.34. The first-order valence-electron chi connectivity index (χ1n) is 6.70. The third-order valence-corrected chi connectivity index (χ3v) is 3.34. The highest BCUT2D eigenvalue weighted by Gasteiger charge is 2.12. The van der Waals surface area contributed by atoms with E-state index in [1.54, 1.807) is 6.92 Å². The maximum absolute atomic E-state index is 10.6. The van der Waals surface area contributed by atoms with Gasteiger partial charge in [-0.3, -0.25) is 4.79 Å². The van der Waals surface area contributed by atoms with Gasteiger partial charge in [-0.05, 0) is 24.7 Å². The molecule has 96 valence electrons. The van der Waals surface area contributed by atoms with Gasteiger partial charge in [-0.2, -0.15) is 0 Å². The van der Waals surface area contributed by atoms with Crippen molar-refractivity contribution in [2.24, 2.45) is 17.8 Å². The van der Waals surface area contributed by atoms with Crippen LogP contribution in [-0.4, -0.2) is 11.1 Å². The van der Waals surface area contributed by atoms with E-state index >= 15 is 0 Å². The molecule has 0 radical (unpaired) electrons. The van der Waals surface area contributed by atoms with Gasteiger partial charge >= 0.3 is 5.97 Å². The van der Waals surface area contributed by atoms with Crippen molar-refractivity contribution in [1.82, 2.24) is 0 Å². The Labute approximate surface area is 100 Å². The molecule has 0 aromatic heterocycles. The molecule has 0 amide bonds. The number of rotatable bonds is 9. The largest absolute Gasteiger partial charge is 0.481 e. The molecule has 0 aliphatic heterocycles. The molecule has 0 rings (SSSR count). The standard InChI is InChI=1S/C14H28O2/c1-5-7-11(2)10-12(3)8-6-9-13(4)14(15)16/h11-13H,5-10H2,1-4H3,(H,15,16). The van der Waals surface area contributed by atoms with E-state index in [-0.39, 0.29) is 5.92 Å². The van der Waals surface area contributed by atoms with Crippen molar-refractivity contribution in [3.8, 4) is 0 Å². The van der Waals surface area contributed by atoms with E-state index in [1.165, 1.54) is 25.7 Å². The molecule has 0 heterocycles. The molecule has 0 aromatic rings. The molecule has 1 N–H and O–H groups in total. The van der Waals surface area contributed by atoms with E-state index in [2.05, 4.69) is 20.8 Å². The molecule has 0 aliphatic rings. The minimum absolute atomic E-state index is 0.180. The number of carboxylic acids is 1. The molecule has 0 fully saturated rings. The summed E-state index contributed by atoms with van der Waals surface area (Å²) in [5.41, 5.74) is 0. The van der Waals surface area contributed by atoms with Gasteiger partial charge < -0.3 is 5.11 Å². The van der Waals surface area contributed by atoms with Gasteiger partial charge in [0.05, 0.1) is 5.92 Å². The fourth-order valence-electron chi connectivity index (χ4n) is 2.31. The number of aliphatic carboxylic acids is 1. The van der Waals surface area contributed by atoms with Crippen LogP contribution in [0.2, 0.25) is 0 Å². The average Bonchev–Trinajstić information content (AvgIpc) is 2.17. The highest BCUT2D eigenvalue weighted by molar-refractivity contribution is 5.69. The molecule has 0 saturated heterocycles. The summed E-state index contributed by atoms with van der Waals surface area (Å²) in [6, 6.07) is 0. The first kappa shape index (κ1) is 15.5. The zero-order valence-corrected chi connectivity index (χ0v) is 11.3. The number of carbonyl (C=O) groups is 1. The van der Waals surface area contributed by atoms with Crippen LogP contribution in [0.3, 0.4) is 0 Å². The van der Waals surface area contributed by atoms with Crippen LogP contribution in [0.25, 0.3) is 0 Å². The summed E-state index contributed by atoms with van der Waals surface area (Å²) in [5.74, 6) is 0.715. The second-order valence-electron chi connectivity index (χ2n) is 5.40. The molecule has 0 saturated carbocycles. The summed E-state index contributed by atoms with van der Waals surface area (Å²) >= 11 is 0. The van der Waals surface area contributed by atoms with Crippen LogP contribution < -0.4 is 0 Å². The molecule has 0 bridgehead atoms. The molecular weight excluding hydrogens is 200 g/mol. The Bertz CT molecular complexity index is 189. The molecule has 3 unspecified atom stereocenters. The van der Waals surface area contributed by atoms with Gasteiger partial charge in [0.1, 0.15) is 0 Å². The topological polar surface area (TPSA) is 37.3 Å². The van der Waals surface area contributed by atoms with Gasteiger partial charge in [0.2, 0.25) is 0 Å². The normalized spacial score (nSPS) is 16.8. The van der Waals surface area contributed by atoms with Crippen LogP contribution in [0, 0.1) is 17.8 Å². The smallest absolute Gasteiger partial charge is 0.306 e. The van der Waals surface area contributed by atoms with Crippen LogP contribution in [0.1, 0.15) is 66.2 Å². The van der Waals surface area contributed by atoms with Crippen molar-refractivity contribution in [2.45, 2.75) is 66.2 Å². The van der Waals surface area contributed by atoms with Crippen molar-refractivity contribution in [3.05, 3.63) is 0 Å². The maximum Gasteiger partial charge on any atom is 0.306 e. The average molecular weight is 228 g/mol. The molecular formula is C14H28O2. The van der Waals surface area contributed by atoms with Crippen LogP contribution in [-0.2, 0) is 4.79 Å². The van der Waals surface area contributed by atoms with Gasteiger partial charge in [-0.25, -0.2) is 0 Å². The lowest BCUT2D eigenvalue weighted by atomic mass is 9.89. The Balaban J connectivity index is 3.57. The first-order valence-corrected chi connectivity index (χ1v) is 6.70. The van der Waals surface area contributed by atoms with E-state index in [1.807, 2.05) is 0 Å². The highest BCUT2D eigenvalue weighted by atomic mass is 16.4. The van der Waals surface area contributed by atoms with E-state index in [9.17, 15) is 4.79 Å². The van der Waals surface area contributed by atoms with Crippen molar-refractivity contribution >= 4 is 5.97 Å². The number of hydrogen-bond acceptors (Lipinski definition) is 1. The van der Waals surface area contributed by atoms with Gasteiger partial charge in [-0.1, -0.05) is 53.4 Å². The minimum atomic E-state index is -0.660. The Morgan fingerprint density at radius 2 is 1.62 bits per heavy atom. The second-order valence-corrected chi connectivity index (χ2v) is 5.40. The number of hydrogen-bond donors (Lipinski definition) is 1. The lowest BCUT2D eigenvalue weighted by molar-refractivity contribution is -0.141. The third kappa shape index (κ3) is 7.72. The summed E-state index contributed by atoms with van der Waals surface area (Å²) in [6.07, 6.45) is 6.91. The Hall–Kier alpha value is -0.530. The van der Waals surface area contributed by atoms with Crippen molar-refractivity contribution in [3.63, 3.8) is 0 Å². The number of carboxylic acid groups (broad SMARTS) is 1. The van der Waals surface area contributed by atoms with Gasteiger partial charge in [0.15, 0.2) is 0 Å². The molecule has 0 spiro atoms. The van der Waals surface area contributed by atoms with E-state index in [4.69, 9.17) is 5.11 Å². The van der Waals surface area contributed by atoms with Gasteiger partial charge in [-0.15, -0.1) is 0 Å². The predicted octanol–water partition coefficient (Wildman–Crippen LogP) is 4.34. The van der Waals surface area contributed by atoms with Crippen LogP contribution in [0.4, 0.5) is 0 Å². The lowest BCUT2D eigenvalue weighted by Crippen LogP contribution is -2.10. The summed E-state index contributed by atoms with van der Waals surface area (Å²) in [6.45, 7) is 8.64.